The van der Waals surface area contributed by atoms with Gasteiger partial charge in [0.1, 0.15) is 5.75 Å². The lowest BCUT2D eigenvalue weighted by atomic mass is 10.1. The molecule has 0 saturated heterocycles. The first-order valence-electron chi connectivity index (χ1n) is 5.84. The van der Waals surface area contributed by atoms with Crippen molar-refractivity contribution >= 4 is 27.5 Å². The molecule has 0 bridgehead atoms. The van der Waals surface area contributed by atoms with Gasteiger partial charge in [-0.05, 0) is 29.8 Å². The fraction of sp³-hybridized carbons (Fsp3) is 0.133. The van der Waals surface area contributed by atoms with E-state index in [0.29, 0.717) is 16.6 Å². The molecular formula is C15H14BrNO2. The molecule has 2 rings (SSSR count). The minimum Gasteiger partial charge on any atom is -0.497 e. The summed E-state index contributed by atoms with van der Waals surface area (Å²) in [5.41, 5.74) is 2.43. The smallest absolute Gasteiger partial charge is 0.255 e. The van der Waals surface area contributed by atoms with Crippen LogP contribution in [0.25, 0.3) is 0 Å². The maximum Gasteiger partial charge on any atom is 0.255 e. The largest absolute Gasteiger partial charge is 0.497 e. The Morgan fingerprint density at radius 3 is 2.74 bits per heavy atom. The average Bonchev–Trinajstić information content (AvgIpc) is 2.47. The number of halogens is 1. The number of hydrogen-bond acceptors (Lipinski definition) is 2. The van der Waals surface area contributed by atoms with Crippen LogP contribution in [0.15, 0.2) is 48.5 Å². The molecule has 19 heavy (non-hydrogen) atoms. The highest BCUT2D eigenvalue weighted by atomic mass is 79.9. The zero-order chi connectivity index (χ0) is 13.7. The van der Waals surface area contributed by atoms with Crippen molar-refractivity contribution in [2.75, 3.05) is 12.4 Å². The lowest BCUT2D eigenvalue weighted by Gasteiger charge is -2.09. The number of carbonyl (C=O) groups is 1. The van der Waals surface area contributed by atoms with Gasteiger partial charge in [-0.1, -0.05) is 40.2 Å². The monoisotopic (exact) mass is 319 g/mol. The molecule has 0 heterocycles. The molecule has 1 N–H and O–H groups in total. The van der Waals surface area contributed by atoms with E-state index in [0.717, 1.165) is 11.3 Å². The van der Waals surface area contributed by atoms with Crippen molar-refractivity contribution in [2.45, 2.75) is 5.33 Å². The third-order valence-electron chi connectivity index (χ3n) is 2.74. The van der Waals surface area contributed by atoms with Crippen molar-refractivity contribution in [3.63, 3.8) is 0 Å². The van der Waals surface area contributed by atoms with Crippen molar-refractivity contribution in [3.8, 4) is 5.75 Å². The fourth-order valence-corrected chi connectivity index (χ4v) is 2.21. The summed E-state index contributed by atoms with van der Waals surface area (Å²) in [6.45, 7) is 0. The SMILES string of the molecule is COc1cccc(C(=O)Nc2ccccc2CBr)c1. The molecule has 2 aromatic carbocycles. The highest BCUT2D eigenvalue weighted by Gasteiger charge is 2.09. The predicted octanol–water partition coefficient (Wildman–Crippen LogP) is 3.84. The Kier molecular flexibility index (Phi) is 4.58. The number of ether oxygens (including phenoxy) is 1. The van der Waals surface area contributed by atoms with E-state index in [1.165, 1.54) is 0 Å². The van der Waals surface area contributed by atoms with Crippen molar-refractivity contribution < 1.29 is 9.53 Å². The summed E-state index contributed by atoms with van der Waals surface area (Å²) in [7, 11) is 1.58. The number of methoxy groups -OCH3 is 1. The summed E-state index contributed by atoms with van der Waals surface area (Å²) < 4.78 is 5.11. The van der Waals surface area contributed by atoms with Crippen molar-refractivity contribution in [3.05, 3.63) is 59.7 Å². The third kappa shape index (κ3) is 3.35. The van der Waals surface area contributed by atoms with Gasteiger partial charge >= 0.3 is 0 Å². The third-order valence-corrected chi connectivity index (χ3v) is 3.35. The van der Waals surface area contributed by atoms with Gasteiger partial charge in [0.2, 0.25) is 0 Å². The normalized spacial score (nSPS) is 10.0. The van der Waals surface area contributed by atoms with Crippen LogP contribution < -0.4 is 10.1 Å². The van der Waals surface area contributed by atoms with Crippen LogP contribution >= 0.6 is 15.9 Å². The molecule has 1 amide bonds. The van der Waals surface area contributed by atoms with Gasteiger partial charge < -0.3 is 10.1 Å². The van der Waals surface area contributed by atoms with Crippen molar-refractivity contribution in [1.82, 2.24) is 0 Å². The number of carbonyl (C=O) groups excluding carboxylic acids is 1. The molecule has 0 radical (unpaired) electrons. The van der Waals surface area contributed by atoms with Gasteiger partial charge in [-0.25, -0.2) is 0 Å². The highest BCUT2D eigenvalue weighted by Crippen LogP contribution is 2.20. The molecule has 0 unspecified atom stereocenters. The Morgan fingerprint density at radius 1 is 1.21 bits per heavy atom. The zero-order valence-corrected chi connectivity index (χ0v) is 12.1. The standard InChI is InChI=1S/C15H14BrNO2/c1-19-13-7-4-6-11(9-13)15(18)17-14-8-3-2-5-12(14)10-16/h2-9H,10H2,1H3,(H,17,18). The lowest BCUT2D eigenvalue weighted by molar-refractivity contribution is 0.102. The molecule has 0 fully saturated rings. The fourth-order valence-electron chi connectivity index (χ4n) is 1.72. The maximum absolute atomic E-state index is 12.2. The number of hydrogen-bond donors (Lipinski definition) is 1. The highest BCUT2D eigenvalue weighted by molar-refractivity contribution is 9.08. The first-order chi connectivity index (χ1) is 9.24. The molecule has 0 aliphatic heterocycles. The average molecular weight is 320 g/mol. The van der Waals surface area contributed by atoms with Crippen molar-refractivity contribution in [2.24, 2.45) is 0 Å². The van der Waals surface area contributed by atoms with Crippen LogP contribution in [0.1, 0.15) is 15.9 Å². The first kappa shape index (κ1) is 13.6. The number of amides is 1. The van der Waals surface area contributed by atoms with E-state index in [4.69, 9.17) is 4.74 Å². The topological polar surface area (TPSA) is 38.3 Å². The van der Waals surface area contributed by atoms with E-state index in [-0.39, 0.29) is 5.91 Å². The van der Waals surface area contributed by atoms with Crippen LogP contribution in [-0.2, 0) is 5.33 Å². The van der Waals surface area contributed by atoms with E-state index in [1.54, 1.807) is 25.3 Å². The second-order valence-corrected chi connectivity index (χ2v) is 4.54. The van der Waals surface area contributed by atoms with E-state index in [9.17, 15) is 4.79 Å². The van der Waals surface area contributed by atoms with E-state index in [2.05, 4.69) is 21.2 Å². The van der Waals surface area contributed by atoms with E-state index in [1.807, 2.05) is 30.3 Å². The Balaban J connectivity index is 2.20. The number of rotatable bonds is 4. The number of alkyl halides is 1. The quantitative estimate of drug-likeness (QED) is 0.869. The summed E-state index contributed by atoms with van der Waals surface area (Å²) in [6.07, 6.45) is 0. The number of nitrogens with one attached hydrogen (secondary N) is 1. The molecule has 2 aromatic rings. The van der Waals surface area contributed by atoms with E-state index >= 15 is 0 Å². The van der Waals surface area contributed by atoms with Gasteiger partial charge in [0.15, 0.2) is 0 Å². The van der Waals surface area contributed by atoms with Crippen molar-refractivity contribution in [1.29, 1.82) is 0 Å². The lowest BCUT2D eigenvalue weighted by Crippen LogP contribution is -2.13. The molecule has 0 aliphatic rings. The summed E-state index contributed by atoms with van der Waals surface area (Å²) in [5, 5.41) is 3.60. The summed E-state index contributed by atoms with van der Waals surface area (Å²) in [6, 6.07) is 14.8. The molecule has 3 nitrogen and oxygen atoms in total. The Bertz CT molecular complexity index is 584. The van der Waals surface area contributed by atoms with Crippen LogP contribution in [0.3, 0.4) is 0 Å². The molecule has 0 aliphatic carbocycles. The molecule has 0 spiro atoms. The Labute approximate surface area is 120 Å². The molecule has 4 heteroatoms. The number of benzene rings is 2. The van der Waals surface area contributed by atoms with Gasteiger partial charge in [-0.2, -0.15) is 0 Å². The van der Waals surface area contributed by atoms with Crippen LogP contribution in [-0.4, -0.2) is 13.0 Å². The summed E-state index contributed by atoms with van der Waals surface area (Å²) in [5.74, 6) is 0.522. The van der Waals surface area contributed by atoms with Gasteiger partial charge in [-0.15, -0.1) is 0 Å². The number of anilines is 1. The molecular weight excluding hydrogens is 306 g/mol. The van der Waals surface area contributed by atoms with E-state index < -0.39 is 0 Å². The molecule has 0 aromatic heterocycles. The minimum absolute atomic E-state index is 0.146. The Morgan fingerprint density at radius 2 is 2.00 bits per heavy atom. The second-order valence-electron chi connectivity index (χ2n) is 3.98. The number of para-hydroxylation sites is 1. The Hall–Kier alpha value is -1.81. The second kappa shape index (κ2) is 6.38. The summed E-state index contributed by atoms with van der Waals surface area (Å²) >= 11 is 3.41. The van der Waals surface area contributed by atoms with Gasteiger partial charge in [0.25, 0.3) is 5.91 Å². The van der Waals surface area contributed by atoms with Gasteiger partial charge in [-0.3, -0.25) is 4.79 Å². The van der Waals surface area contributed by atoms with Crippen LogP contribution in [0.2, 0.25) is 0 Å². The van der Waals surface area contributed by atoms with Crippen LogP contribution in [0.4, 0.5) is 5.69 Å². The minimum atomic E-state index is -0.146. The molecule has 0 saturated carbocycles. The first-order valence-corrected chi connectivity index (χ1v) is 6.96. The van der Waals surface area contributed by atoms with Crippen LogP contribution in [0.5, 0.6) is 5.75 Å². The summed E-state index contributed by atoms with van der Waals surface area (Å²) in [4.78, 5) is 12.2. The van der Waals surface area contributed by atoms with Gasteiger partial charge in [0, 0.05) is 16.6 Å². The molecule has 0 atom stereocenters. The maximum atomic E-state index is 12.2. The van der Waals surface area contributed by atoms with Gasteiger partial charge in [0.05, 0.1) is 7.11 Å². The predicted molar refractivity (Wildman–Crippen MR) is 80.0 cm³/mol. The van der Waals surface area contributed by atoms with Crippen LogP contribution in [0, 0.1) is 0 Å². The zero-order valence-electron chi connectivity index (χ0n) is 10.5. The molecule has 98 valence electrons.